The average molecular weight is 477 g/mol. The van der Waals surface area contributed by atoms with Crippen molar-refractivity contribution >= 4 is 11.6 Å². The SMILES string of the molecule is COc1cccc(OC)c1C(=O)N1CCC(CCCCCCNCNc2cc(F)nc(F)c2)C1. The van der Waals surface area contributed by atoms with Crippen LogP contribution in [0.5, 0.6) is 11.5 Å². The average Bonchev–Trinajstić information content (AvgIpc) is 3.30. The first-order valence-electron chi connectivity index (χ1n) is 11.8. The number of rotatable bonds is 13. The number of benzene rings is 1. The van der Waals surface area contributed by atoms with Gasteiger partial charge in [0.1, 0.15) is 17.1 Å². The number of carbonyl (C=O) groups is 1. The maximum atomic E-state index is 13.1. The molecule has 9 heteroatoms. The Morgan fingerprint density at radius 3 is 2.44 bits per heavy atom. The number of aromatic nitrogens is 1. The van der Waals surface area contributed by atoms with Gasteiger partial charge in [-0.15, -0.1) is 0 Å². The van der Waals surface area contributed by atoms with E-state index in [9.17, 15) is 13.6 Å². The lowest BCUT2D eigenvalue weighted by atomic mass is 10.00. The fourth-order valence-electron chi connectivity index (χ4n) is 4.33. The van der Waals surface area contributed by atoms with Crippen LogP contribution in [-0.4, -0.2) is 56.3 Å². The molecule has 0 spiro atoms. The van der Waals surface area contributed by atoms with E-state index in [0.717, 1.165) is 70.3 Å². The first-order valence-corrected chi connectivity index (χ1v) is 11.8. The third-order valence-corrected chi connectivity index (χ3v) is 6.11. The molecule has 1 amide bonds. The molecule has 0 bridgehead atoms. The molecule has 0 radical (unpaired) electrons. The van der Waals surface area contributed by atoms with Crippen molar-refractivity contribution < 1.29 is 23.0 Å². The molecule has 1 aliphatic rings. The second kappa shape index (κ2) is 13.1. The van der Waals surface area contributed by atoms with Gasteiger partial charge >= 0.3 is 0 Å². The smallest absolute Gasteiger partial charge is 0.261 e. The lowest BCUT2D eigenvalue weighted by molar-refractivity contribution is 0.0779. The van der Waals surface area contributed by atoms with E-state index in [-0.39, 0.29) is 5.91 Å². The number of anilines is 1. The maximum absolute atomic E-state index is 13.1. The van der Waals surface area contributed by atoms with Gasteiger partial charge in [0.2, 0.25) is 11.9 Å². The van der Waals surface area contributed by atoms with Crippen molar-refractivity contribution in [1.82, 2.24) is 15.2 Å². The second-order valence-electron chi connectivity index (χ2n) is 8.50. The molecule has 2 heterocycles. The lowest BCUT2D eigenvalue weighted by Gasteiger charge is -2.20. The fourth-order valence-corrected chi connectivity index (χ4v) is 4.33. The highest BCUT2D eigenvalue weighted by molar-refractivity contribution is 5.99. The molecule has 1 aromatic carbocycles. The molecule has 2 aromatic rings. The zero-order valence-electron chi connectivity index (χ0n) is 19.9. The number of amides is 1. The number of halogens is 2. The second-order valence-corrected chi connectivity index (χ2v) is 8.50. The molecule has 1 saturated heterocycles. The third kappa shape index (κ3) is 7.28. The summed E-state index contributed by atoms with van der Waals surface area (Å²) in [7, 11) is 3.13. The Balaban J connectivity index is 1.28. The quantitative estimate of drug-likeness (QED) is 0.253. The van der Waals surface area contributed by atoms with Gasteiger partial charge in [0.05, 0.1) is 20.9 Å². The monoisotopic (exact) mass is 476 g/mol. The first-order chi connectivity index (χ1) is 16.5. The van der Waals surface area contributed by atoms with Gasteiger partial charge in [-0.05, 0) is 43.9 Å². The molecule has 3 rings (SSSR count). The minimum atomic E-state index is -0.836. The normalized spacial score (nSPS) is 15.4. The van der Waals surface area contributed by atoms with Crippen molar-refractivity contribution in [2.75, 3.05) is 45.8 Å². The number of nitrogens with one attached hydrogen (secondary N) is 2. The topological polar surface area (TPSA) is 75.7 Å². The highest BCUT2D eigenvalue weighted by Gasteiger charge is 2.30. The molecule has 1 unspecified atom stereocenters. The molecule has 2 N–H and O–H groups in total. The maximum Gasteiger partial charge on any atom is 0.261 e. The first kappa shape index (κ1) is 25.7. The zero-order chi connectivity index (χ0) is 24.3. The van der Waals surface area contributed by atoms with Crippen LogP contribution in [0.2, 0.25) is 0 Å². The lowest BCUT2D eigenvalue weighted by Crippen LogP contribution is -2.29. The molecule has 1 fully saturated rings. The fraction of sp³-hybridized carbons (Fsp3) is 0.520. The van der Waals surface area contributed by atoms with Crippen LogP contribution >= 0.6 is 0 Å². The van der Waals surface area contributed by atoms with Crippen LogP contribution < -0.4 is 20.1 Å². The van der Waals surface area contributed by atoms with E-state index < -0.39 is 11.9 Å². The van der Waals surface area contributed by atoms with Gasteiger partial charge in [-0.25, -0.2) is 0 Å². The number of likely N-dealkylation sites (tertiary alicyclic amines) is 1. The van der Waals surface area contributed by atoms with Crippen LogP contribution in [0, 0.1) is 17.8 Å². The third-order valence-electron chi connectivity index (χ3n) is 6.11. The summed E-state index contributed by atoms with van der Waals surface area (Å²) in [6, 6.07) is 7.71. The molecule has 1 aromatic heterocycles. The highest BCUT2D eigenvalue weighted by Crippen LogP contribution is 2.32. The molecule has 7 nitrogen and oxygen atoms in total. The van der Waals surface area contributed by atoms with E-state index in [4.69, 9.17) is 9.47 Å². The minimum absolute atomic E-state index is 0.0336. The summed E-state index contributed by atoms with van der Waals surface area (Å²) in [5.74, 6) is -0.108. The van der Waals surface area contributed by atoms with Gasteiger partial charge in [-0.3, -0.25) is 4.79 Å². The van der Waals surface area contributed by atoms with Gasteiger partial charge in [0.15, 0.2) is 0 Å². The number of pyridine rings is 1. The zero-order valence-corrected chi connectivity index (χ0v) is 19.9. The number of methoxy groups -OCH3 is 2. The van der Waals surface area contributed by atoms with Crippen molar-refractivity contribution in [3.8, 4) is 11.5 Å². The Morgan fingerprint density at radius 2 is 1.76 bits per heavy atom. The van der Waals surface area contributed by atoms with Gasteiger partial charge in [0.25, 0.3) is 5.91 Å². The summed E-state index contributed by atoms with van der Waals surface area (Å²) in [6.07, 6.45) is 6.55. The van der Waals surface area contributed by atoms with Crippen molar-refractivity contribution in [2.45, 2.75) is 38.5 Å². The molecule has 1 aliphatic heterocycles. The number of hydrogen-bond donors (Lipinski definition) is 2. The Morgan fingerprint density at radius 1 is 1.09 bits per heavy atom. The molecule has 34 heavy (non-hydrogen) atoms. The Hall–Kier alpha value is -2.94. The van der Waals surface area contributed by atoms with Crippen LogP contribution in [0.4, 0.5) is 14.5 Å². The number of hydrogen-bond acceptors (Lipinski definition) is 6. The van der Waals surface area contributed by atoms with E-state index in [0.29, 0.717) is 35.3 Å². The number of carbonyl (C=O) groups excluding carboxylic acids is 1. The summed E-state index contributed by atoms with van der Waals surface area (Å²) in [6.45, 7) is 2.79. The Labute approximate surface area is 199 Å². The van der Waals surface area contributed by atoms with Crippen LogP contribution in [0.25, 0.3) is 0 Å². The van der Waals surface area contributed by atoms with Crippen LogP contribution in [-0.2, 0) is 0 Å². The Kier molecular flexibility index (Phi) is 9.88. The van der Waals surface area contributed by atoms with E-state index in [2.05, 4.69) is 15.6 Å². The van der Waals surface area contributed by atoms with Gasteiger partial charge in [0, 0.05) is 30.9 Å². The van der Waals surface area contributed by atoms with Gasteiger partial charge in [-0.2, -0.15) is 13.8 Å². The van der Waals surface area contributed by atoms with Crippen LogP contribution in [0.1, 0.15) is 48.9 Å². The molecule has 0 saturated carbocycles. The van der Waals surface area contributed by atoms with E-state index >= 15 is 0 Å². The van der Waals surface area contributed by atoms with Gasteiger partial charge in [-0.1, -0.05) is 25.3 Å². The number of nitrogens with zero attached hydrogens (tertiary/aromatic N) is 2. The summed E-state index contributed by atoms with van der Waals surface area (Å²) < 4.78 is 36.9. The van der Waals surface area contributed by atoms with E-state index in [1.165, 1.54) is 0 Å². The van der Waals surface area contributed by atoms with Crippen molar-refractivity contribution in [2.24, 2.45) is 5.92 Å². The standard InChI is InChI=1S/C25H34F2N4O3/c1-33-20-9-7-10-21(34-2)24(20)25(32)31-13-11-18(16-31)8-5-3-4-6-12-28-17-29-19-14-22(26)30-23(27)15-19/h7,9-10,14-15,18,28H,3-6,8,11-13,16-17H2,1-2H3,(H,29,30). The minimum Gasteiger partial charge on any atom is -0.496 e. The molecule has 1 atom stereocenters. The van der Waals surface area contributed by atoms with Crippen molar-refractivity contribution in [1.29, 1.82) is 0 Å². The van der Waals surface area contributed by atoms with E-state index in [1.54, 1.807) is 26.4 Å². The summed E-state index contributed by atoms with van der Waals surface area (Å²) in [5, 5.41) is 6.14. The van der Waals surface area contributed by atoms with Crippen molar-refractivity contribution in [3.63, 3.8) is 0 Å². The Bertz CT molecular complexity index is 902. The number of unbranched alkanes of at least 4 members (excludes halogenated alkanes) is 3. The molecular weight excluding hydrogens is 442 g/mol. The van der Waals surface area contributed by atoms with Crippen molar-refractivity contribution in [3.05, 3.63) is 47.8 Å². The summed E-state index contributed by atoms with van der Waals surface area (Å²) >= 11 is 0. The largest absolute Gasteiger partial charge is 0.496 e. The predicted octanol–water partition coefficient (Wildman–Crippen LogP) is 4.45. The van der Waals surface area contributed by atoms with E-state index in [1.807, 2.05) is 11.0 Å². The molecular formula is C25H34F2N4O3. The summed E-state index contributed by atoms with van der Waals surface area (Å²) in [5.41, 5.74) is 0.861. The highest BCUT2D eigenvalue weighted by atomic mass is 19.1. The predicted molar refractivity (Wildman–Crippen MR) is 127 cm³/mol. The molecule has 0 aliphatic carbocycles. The molecule has 186 valence electrons. The summed E-state index contributed by atoms with van der Waals surface area (Å²) in [4.78, 5) is 18.1. The van der Waals surface area contributed by atoms with Crippen LogP contribution in [0.15, 0.2) is 30.3 Å². The van der Waals surface area contributed by atoms with Crippen LogP contribution in [0.3, 0.4) is 0 Å². The number of ether oxygens (including phenoxy) is 2. The van der Waals surface area contributed by atoms with Gasteiger partial charge < -0.3 is 25.0 Å².